The average Bonchev–Trinajstić information content (AvgIpc) is 2.49. The van der Waals surface area contributed by atoms with Crippen LogP contribution < -0.4 is 10.0 Å². The van der Waals surface area contributed by atoms with E-state index < -0.39 is 10.0 Å². The van der Waals surface area contributed by atoms with E-state index in [1.807, 2.05) is 6.07 Å². The Labute approximate surface area is 128 Å². The minimum Gasteiger partial charge on any atom is -0.388 e. The summed E-state index contributed by atoms with van der Waals surface area (Å²) in [4.78, 5) is 0.111. The molecule has 5 nitrogen and oxygen atoms in total. The van der Waals surface area contributed by atoms with Crippen molar-refractivity contribution in [1.29, 1.82) is 5.26 Å². The highest BCUT2D eigenvalue weighted by Gasteiger charge is 2.16. The van der Waals surface area contributed by atoms with E-state index >= 15 is 0 Å². The highest BCUT2D eigenvalue weighted by atomic mass is 35.5. The average molecular weight is 322 g/mol. The predicted molar refractivity (Wildman–Crippen MR) is 83.0 cm³/mol. The van der Waals surface area contributed by atoms with E-state index in [4.69, 9.17) is 16.9 Å². The Bertz CT molecular complexity index is 796. The number of benzene rings is 2. The SMILES string of the molecule is CNc1ccc(S(=O)(=O)Nc2cc(C#N)ccc2Cl)cc1. The molecule has 0 atom stereocenters. The Morgan fingerprint density at radius 3 is 2.38 bits per heavy atom. The molecule has 0 spiro atoms. The van der Waals surface area contributed by atoms with Crippen LogP contribution in [-0.2, 0) is 10.0 Å². The number of rotatable bonds is 4. The second kappa shape index (κ2) is 6.04. The van der Waals surface area contributed by atoms with E-state index in [9.17, 15) is 8.42 Å². The largest absolute Gasteiger partial charge is 0.388 e. The van der Waals surface area contributed by atoms with Crippen LogP contribution in [0.4, 0.5) is 11.4 Å². The number of hydrogen-bond donors (Lipinski definition) is 2. The van der Waals surface area contributed by atoms with Crippen LogP contribution in [0.15, 0.2) is 47.4 Å². The molecule has 21 heavy (non-hydrogen) atoms. The minimum absolute atomic E-state index is 0.111. The molecule has 0 saturated heterocycles. The smallest absolute Gasteiger partial charge is 0.261 e. The molecule has 108 valence electrons. The Kier molecular flexibility index (Phi) is 4.36. The molecule has 2 N–H and O–H groups in total. The van der Waals surface area contributed by atoms with Gasteiger partial charge >= 0.3 is 0 Å². The summed E-state index contributed by atoms with van der Waals surface area (Å²) >= 11 is 5.95. The molecule has 2 aromatic carbocycles. The molecular weight excluding hydrogens is 310 g/mol. The maximum absolute atomic E-state index is 12.3. The number of nitriles is 1. The summed E-state index contributed by atoms with van der Waals surface area (Å²) in [6.45, 7) is 0. The van der Waals surface area contributed by atoms with Crippen molar-refractivity contribution in [2.75, 3.05) is 17.1 Å². The van der Waals surface area contributed by atoms with E-state index in [0.717, 1.165) is 5.69 Å². The van der Waals surface area contributed by atoms with E-state index in [-0.39, 0.29) is 15.6 Å². The molecule has 0 radical (unpaired) electrons. The highest BCUT2D eigenvalue weighted by Crippen LogP contribution is 2.26. The lowest BCUT2D eigenvalue weighted by atomic mass is 10.2. The van der Waals surface area contributed by atoms with Gasteiger partial charge in [-0.1, -0.05) is 11.6 Å². The van der Waals surface area contributed by atoms with Crippen molar-refractivity contribution in [3.05, 3.63) is 53.1 Å². The van der Waals surface area contributed by atoms with Gasteiger partial charge in [0.1, 0.15) is 0 Å². The van der Waals surface area contributed by atoms with Crippen LogP contribution in [0.1, 0.15) is 5.56 Å². The molecule has 0 aliphatic heterocycles. The van der Waals surface area contributed by atoms with Crippen molar-refractivity contribution in [2.45, 2.75) is 4.90 Å². The Balaban J connectivity index is 2.35. The van der Waals surface area contributed by atoms with Crippen LogP contribution in [0.3, 0.4) is 0 Å². The molecule has 7 heteroatoms. The molecule has 0 heterocycles. The Morgan fingerprint density at radius 2 is 1.81 bits per heavy atom. The van der Waals surface area contributed by atoms with E-state index in [2.05, 4.69) is 10.0 Å². The number of nitrogens with one attached hydrogen (secondary N) is 2. The number of anilines is 2. The third-order valence-electron chi connectivity index (χ3n) is 2.79. The number of halogens is 1. The summed E-state index contributed by atoms with van der Waals surface area (Å²) < 4.78 is 26.9. The third kappa shape index (κ3) is 3.45. The first-order chi connectivity index (χ1) is 9.96. The standard InChI is InChI=1S/C14H12ClN3O2S/c1-17-11-3-5-12(6-4-11)21(19,20)18-14-8-10(9-16)2-7-13(14)15/h2-8,17-18H,1H3. The molecule has 0 bridgehead atoms. The van der Waals surface area contributed by atoms with Crippen LogP contribution in [0.25, 0.3) is 0 Å². The molecule has 2 aromatic rings. The van der Waals surface area contributed by atoms with Gasteiger partial charge in [-0.15, -0.1) is 0 Å². The molecule has 2 rings (SSSR count). The maximum Gasteiger partial charge on any atom is 0.261 e. The Hall–Kier alpha value is -2.23. The number of sulfonamides is 1. The summed E-state index contributed by atoms with van der Waals surface area (Å²) in [5.41, 5.74) is 1.30. The quantitative estimate of drug-likeness (QED) is 0.906. The van der Waals surface area contributed by atoms with Gasteiger partial charge in [-0.2, -0.15) is 5.26 Å². The summed E-state index contributed by atoms with van der Waals surface area (Å²) in [5.74, 6) is 0. The summed E-state index contributed by atoms with van der Waals surface area (Å²) in [6, 6.07) is 12.6. The zero-order valence-electron chi connectivity index (χ0n) is 11.1. The van der Waals surface area contributed by atoms with Crippen molar-refractivity contribution in [2.24, 2.45) is 0 Å². The molecular formula is C14H12ClN3O2S. The van der Waals surface area contributed by atoms with Crippen molar-refractivity contribution >= 4 is 33.0 Å². The summed E-state index contributed by atoms with van der Waals surface area (Å²) in [5, 5.41) is 12.0. The molecule has 0 unspecified atom stereocenters. The minimum atomic E-state index is -3.76. The topological polar surface area (TPSA) is 82.0 Å². The normalized spacial score (nSPS) is 10.7. The van der Waals surface area contributed by atoms with Crippen LogP contribution in [0, 0.1) is 11.3 Å². The van der Waals surface area contributed by atoms with E-state index in [0.29, 0.717) is 5.56 Å². The van der Waals surface area contributed by atoms with Gasteiger partial charge in [0.25, 0.3) is 10.0 Å². The first-order valence-corrected chi connectivity index (χ1v) is 7.82. The van der Waals surface area contributed by atoms with Gasteiger partial charge in [-0.3, -0.25) is 4.72 Å². The first-order valence-electron chi connectivity index (χ1n) is 5.96. The van der Waals surface area contributed by atoms with Crippen molar-refractivity contribution in [3.63, 3.8) is 0 Å². The molecule has 0 aromatic heterocycles. The first kappa shape index (κ1) is 15.2. The molecule has 0 amide bonds. The fourth-order valence-electron chi connectivity index (χ4n) is 1.68. The molecule has 0 aliphatic rings. The lowest BCUT2D eigenvalue weighted by Crippen LogP contribution is -2.13. The summed E-state index contributed by atoms with van der Waals surface area (Å²) in [6.07, 6.45) is 0. The third-order valence-corrected chi connectivity index (χ3v) is 4.50. The lowest BCUT2D eigenvalue weighted by molar-refractivity contribution is 0.601. The van der Waals surface area contributed by atoms with Crippen LogP contribution >= 0.6 is 11.6 Å². The van der Waals surface area contributed by atoms with Crippen LogP contribution in [0.2, 0.25) is 5.02 Å². The van der Waals surface area contributed by atoms with E-state index in [1.54, 1.807) is 19.2 Å². The molecule has 0 saturated carbocycles. The second-order valence-electron chi connectivity index (χ2n) is 4.19. The van der Waals surface area contributed by atoms with Crippen LogP contribution in [0.5, 0.6) is 0 Å². The lowest BCUT2D eigenvalue weighted by Gasteiger charge is -2.10. The molecule has 0 fully saturated rings. The van der Waals surface area contributed by atoms with Gasteiger partial charge in [0.15, 0.2) is 0 Å². The second-order valence-corrected chi connectivity index (χ2v) is 6.28. The van der Waals surface area contributed by atoms with Crippen molar-refractivity contribution < 1.29 is 8.42 Å². The number of hydrogen-bond acceptors (Lipinski definition) is 4. The Morgan fingerprint density at radius 1 is 1.14 bits per heavy atom. The van der Waals surface area contributed by atoms with Gasteiger partial charge in [-0.05, 0) is 42.5 Å². The van der Waals surface area contributed by atoms with Gasteiger partial charge in [-0.25, -0.2) is 8.42 Å². The summed E-state index contributed by atoms with van der Waals surface area (Å²) in [7, 11) is -2.01. The zero-order valence-corrected chi connectivity index (χ0v) is 12.7. The zero-order chi connectivity index (χ0) is 15.5. The fourth-order valence-corrected chi connectivity index (χ4v) is 2.97. The maximum atomic E-state index is 12.3. The molecule has 0 aliphatic carbocycles. The number of nitrogens with zero attached hydrogens (tertiary/aromatic N) is 1. The van der Waals surface area contributed by atoms with Gasteiger partial charge in [0.2, 0.25) is 0 Å². The predicted octanol–water partition coefficient (Wildman–Crippen LogP) is 3.05. The highest BCUT2D eigenvalue weighted by molar-refractivity contribution is 7.92. The van der Waals surface area contributed by atoms with Gasteiger partial charge in [0.05, 0.1) is 27.2 Å². The fraction of sp³-hybridized carbons (Fsp3) is 0.0714. The van der Waals surface area contributed by atoms with Crippen molar-refractivity contribution in [1.82, 2.24) is 0 Å². The van der Waals surface area contributed by atoms with Crippen LogP contribution in [-0.4, -0.2) is 15.5 Å². The van der Waals surface area contributed by atoms with E-state index in [1.165, 1.54) is 30.3 Å². The van der Waals surface area contributed by atoms with Gasteiger partial charge < -0.3 is 5.32 Å². The monoisotopic (exact) mass is 321 g/mol. The van der Waals surface area contributed by atoms with Crippen molar-refractivity contribution in [3.8, 4) is 6.07 Å². The van der Waals surface area contributed by atoms with Gasteiger partial charge in [0, 0.05) is 12.7 Å².